The average Bonchev–Trinajstić information content (AvgIpc) is 3.28. The van der Waals surface area contributed by atoms with Crippen molar-refractivity contribution >= 4 is 28.6 Å². The first-order valence-corrected chi connectivity index (χ1v) is 8.75. The molecule has 0 saturated carbocycles. The second-order valence-corrected chi connectivity index (χ2v) is 6.41. The van der Waals surface area contributed by atoms with E-state index < -0.39 is 0 Å². The van der Waals surface area contributed by atoms with Crippen LogP contribution in [0.25, 0.3) is 22.3 Å². The number of hydrogen-bond donors (Lipinski definition) is 3. The molecule has 0 aliphatic carbocycles. The van der Waals surface area contributed by atoms with Gasteiger partial charge in [-0.1, -0.05) is 6.92 Å². The number of anilines is 2. The van der Waals surface area contributed by atoms with Crippen molar-refractivity contribution in [2.24, 2.45) is 0 Å². The number of nitrogens with zero attached hydrogens (tertiary/aromatic N) is 4. The molecule has 4 N–H and O–H groups in total. The highest BCUT2D eigenvalue weighted by Crippen LogP contribution is 2.35. The normalized spacial score (nSPS) is 17.0. The first-order chi connectivity index (χ1) is 12.7. The van der Waals surface area contributed by atoms with Crippen molar-refractivity contribution in [1.82, 2.24) is 25.3 Å². The Hall–Kier alpha value is -3.16. The van der Waals surface area contributed by atoms with E-state index in [2.05, 4.69) is 30.2 Å². The molecule has 26 heavy (non-hydrogen) atoms. The third-order valence-corrected chi connectivity index (χ3v) is 4.72. The maximum absolute atomic E-state index is 11.7. The van der Waals surface area contributed by atoms with Crippen molar-refractivity contribution in [3.8, 4) is 11.3 Å². The van der Waals surface area contributed by atoms with E-state index >= 15 is 0 Å². The quantitative estimate of drug-likeness (QED) is 0.659. The summed E-state index contributed by atoms with van der Waals surface area (Å²) in [7, 11) is 0. The van der Waals surface area contributed by atoms with E-state index in [4.69, 9.17) is 5.73 Å². The largest absolute Gasteiger partial charge is 0.369 e. The number of pyridine rings is 1. The molecule has 0 aromatic carbocycles. The van der Waals surface area contributed by atoms with Crippen LogP contribution in [0.3, 0.4) is 0 Å². The lowest BCUT2D eigenvalue weighted by Gasteiger charge is -2.20. The van der Waals surface area contributed by atoms with Gasteiger partial charge in [0.1, 0.15) is 5.65 Å². The first-order valence-electron chi connectivity index (χ1n) is 8.75. The van der Waals surface area contributed by atoms with Gasteiger partial charge in [-0.25, -0.2) is 15.0 Å². The maximum Gasteiger partial charge on any atom is 0.220 e. The summed E-state index contributed by atoms with van der Waals surface area (Å²) in [5.41, 5.74) is 9.33. The van der Waals surface area contributed by atoms with E-state index in [-0.39, 0.29) is 17.9 Å². The minimum atomic E-state index is 0.0931. The Bertz CT molecular complexity index is 952. The monoisotopic (exact) mass is 351 g/mol. The van der Waals surface area contributed by atoms with Crippen LogP contribution in [0.2, 0.25) is 0 Å². The van der Waals surface area contributed by atoms with Gasteiger partial charge < -0.3 is 20.9 Å². The molecule has 3 aromatic rings. The molecule has 3 aromatic heterocycles. The molecule has 1 saturated heterocycles. The second kappa shape index (κ2) is 6.62. The number of carbonyl (C=O) groups is 1. The Labute approximate surface area is 150 Å². The van der Waals surface area contributed by atoms with Crippen LogP contribution in [-0.2, 0) is 4.79 Å². The number of aromatic nitrogens is 4. The standard InChI is InChI=1S/C18H21N7O/c1-2-15(26)23-11-5-8-25(10-11)14-4-7-20-17-16(14)12(9-22-17)13-3-6-21-18(19)24-13/h3-4,6-7,9,11H,2,5,8,10H2,1H3,(H,20,22)(H,23,26)(H2,19,21,24). The van der Waals surface area contributed by atoms with Crippen LogP contribution in [-0.4, -0.2) is 45.0 Å². The zero-order valence-corrected chi connectivity index (χ0v) is 14.6. The highest BCUT2D eigenvalue weighted by Gasteiger charge is 2.26. The highest BCUT2D eigenvalue weighted by atomic mass is 16.1. The smallest absolute Gasteiger partial charge is 0.220 e. The number of rotatable bonds is 4. The second-order valence-electron chi connectivity index (χ2n) is 6.41. The summed E-state index contributed by atoms with van der Waals surface area (Å²) in [4.78, 5) is 29.9. The van der Waals surface area contributed by atoms with Crippen LogP contribution >= 0.6 is 0 Å². The highest BCUT2D eigenvalue weighted by molar-refractivity contribution is 6.02. The molecule has 0 radical (unpaired) electrons. The Kier molecular flexibility index (Phi) is 4.16. The van der Waals surface area contributed by atoms with Gasteiger partial charge >= 0.3 is 0 Å². The number of nitrogens with one attached hydrogen (secondary N) is 2. The zero-order chi connectivity index (χ0) is 18.1. The molecular weight excluding hydrogens is 330 g/mol. The van der Waals surface area contributed by atoms with E-state index in [9.17, 15) is 4.79 Å². The summed E-state index contributed by atoms with van der Waals surface area (Å²) in [6, 6.07) is 4.01. The fourth-order valence-corrected chi connectivity index (χ4v) is 3.46. The molecule has 4 rings (SSSR count). The molecule has 1 atom stereocenters. The third-order valence-electron chi connectivity index (χ3n) is 4.72. The van der Waals surface area contributed by atoms with Crippen molar-refractivity contribution in [3.05, 3.63) is 30.7 Å². The minimum Gasteiger partial charge on any atom is -0.369 e. The lowest BCUT2D eigenvalue weighted by molar-refractivity contribution is -0.121. The van der Waals surface area contributed by atoms with Gasteiger partial charge in [-0.15, -0.1) is 0 Å². The Morgan fingerprint density at radius 3 is 3.04 bits per heavy atom. The number of amides is 1. The van der Waals surface area contributed by atoms with Crippen LogP contribution in [0.1, 0.15) is 19.8 Å². The number of hydrogen-bond acceptors (Lipinski definition) is 6. The van der Waals surface area contributed by atoms with Gasteiger partial charge in [0.2, 0.25) is 11.9 Å². The SMILES string of the molecule is CCC(=O)NC1CCN(c2ccnc3[nH]cc(-c4ccnc(N)n4)c23)C1. The third kappa shape index (κ3) is 2.94. The van der Waals surface area contributed by atoms with Crippen molar-refractivity contribution in [2.75, 3.05) is 23.7 Å². The molecule has 0 bridgehead atoms. The number of aromatic amines is 1. The number of carbonyl (C=O) groups excluding carboxylic acids is 1. The number of nitrogen functional groups attached to an aromatic ring is 1. The predicted molar refractivity (Wildman–Crippen MR) is 101 cm³/mol. The van der Waals surface area contributed by atoms with E-state index in [0.717, 1.165) is 47.5 Å². The van der Waals surface area contributed by atoms with Crippen molar-refractivity contribution in [2.45, 2.75) is 25.8 Å². The van der Waals surface area contributed by atoms with E-state index in [1.54, 1.807) is 12.4 Å². The summed E-state index contributed by atoms with van der Waals surface area (Å²) >= 11 is 0. The lowest BCUT2D eigenvalue weighted by atomic mass is 10.1. The van der Waals surface area contributed by atoms with Crippen molar-refractivity contribution in [3.63, 3.8) is 0 Å². The molecule has 134 valence electrons. The number of fused-ring (bicyclic) bond motifs is 1. The first kappa shape index (κ1) is 16.3. The van der Waals surface area contributed by atoms with Gasteiger partial charge in [-0.3, -0.25) is 4.79 Å². The summed E-state index contributed by atoms with van der Waals surface area (Å²) < 4.78 is 0. The molecular formula is C18H21N7O. The maximum atomic E-state index is 11.7. The van der Waals surface area contributed by atoms with Crippen LogP contribution < -0.4 is 16.0 Å². The van der Waals surface area contributed by atoms with Gasteiger partial charge in [0.25, 0.3) is 0 Å². The zero-order valence-electron chi connectivity index (χ0n) is 14.6. The lowest BCUT2D eigenvalue weighted by Crippen LogP contribution is -2.36. The molecule has 8 heteroatoms. The summed E-state index contributed by atoms with van der Waals surface area (Å²) in [6.07, 6.45) is 6.78. The molecule has 1 fully saturated rings. The molecule has 1 unspecified atom stereocenters. The predicted octanol–water partition coefficient (Wildman–Crippen LogP) is 1.71. The molecule has 1 amide bonds. The number of H-pyrrole nitrogens is 1. The van der Waals surface area contributed by atoms with Gasteiger partial charge in [-0.2, -0.15) is 0 Å². The Morgan fingerprint density at radius 1 is 1.38 bits per heavy atom. The van der Waals surface area contributed by atoms with Crippen LogP contribution in [0, 0.1) is 0 Å². The van der Waals surface area contributed by atoms with Crippen LogP contribution in [0.5, 0.6) is 0 Å². The van der Waals surface area contributed by atoms with Crippen LogP contribution in [0.15, 0.2) is 30.7 Å². The van der Waals surface area contributed by atoms with E-state index in [1.165, 1.54) is 0 Å². The molecule has 4 heterocycles. The molecule has 1 aliphatic rings. The Balaban J connectivity index is 1.70. The van der Waals surface area contributed by atoms with Crippen LogP contribution in [0.4, 0.5) is 11.6 Å². The summed E-state index contributed by atoms with van der Waals surface area (Å²) in [5, 5.41) is 4.09. The average molecular weight is 351 g/mol. The summed E-state index contributed by atoms with van der Waals surface area (Å²) in [5.74, 6) is 0.335. The summed E-state index contributed by atoms with van der Waals surface area (Å²) in [6.45, 7) is 3.53. The molecule has 8 nitrogen and oxygen atoms in total. The van der Waals surface area contributed by atoms with Crippen molar-refractivity contribution < 1.29 is 4.79 Å². The number of nitrogens with two attached hydrogens (primary N) is 1. The van der Waals surface area contributed by atoms with Gasteiger partial charge in [0.05, 0.1) is 16.8 Å². The van der Waals surface area contributed by atoms with E-state index in [0.29, 0.717) is 6.42 Å². The van der Waals surface area contributed by atoms with Gasteiger partial charge in [0, 0.05) is 49.7 Å². The minimum absolute atomic E-state index is 0.0931. The Morgan fingerprint density at radius 2 is 2.23 bits per heavy atom. The fourth-order valence-electron chi connectivity index (χ4n) is 3.46. The topological polar surface area (TPSA) is 113 Å². The fraction of sp³-hybridized carbons (Fsp3) is 0.333. The van der Waals surface area contributed by atoms with E-state index in [1.807, 2.05) is 25.3 Å². The molecule has 0 spiro atoms. The van der Waals surface area contributed by atoms with Gasteiger partial charge in [0.15, 0.2) is 0 Å². The molecule has 1 aliphatic heterocycles. The van der Waals surface area contributed by atoms with Gasteiger partial charge in [-0.05, 0) is 18.6 Å². The van der Waals surface area contributed by atoms with Crippen molar-refractivity contribution in [1.29, 1.82) is 0 Å².